The molecule has 0 radical (unpaired) electrons. The van der Waals surface area contributed by atoms with Gasteiger partial charge in [0.05, 0.1) is 19.9 Å². The maximum atomic E-state index is 12.7. The van der Waals surface area contributed by atoms with Gasteiger partial charge in [-0.25, -0.2) is 13.8 Å². The van der Waals surface area contributed by atoms with Crippen LogP contribution in [0.1, 0.15) is 11.1 Å². The standard InChI is InChI=1S/C18H21N3O4S/c1-14-9-10-16(25-3)17(11-14)26(23,24)21(2)13-18(22)20-19-12-15-7-5-4-6-8-15/h4-12H,13H2,1-3H3,(H,20,22)/b19-12-. The van der Waals surface area contributed by atoms with Crippen molar-refractivity contribution in [2.24, 2.45) is 5.10 Å². The minimum Gasteiger partial charge on any atom is -0.495 e. The van der Waals surface area contributed by atoms with Gasteiger partial charge < -0.3 is 4.74 Å². The van der Waals surface area contributed by atoms with Crippen molar-refractivity contribution in [3.8, 4) is 5.75 Å². The van der Waals surface area contributed by atoms with Gasteiger partial charge >= 0.3 is 0 Å². The minimum atomic E-state index is -3.88. The Kier molecular flexibility index (Phi) is 6.48. The Balaban J connectivity index is 2.06. The molecule has 1 amide bonds. The number of ether oxygens (including phenoxy) is 1. The van der Waals surface area contributed by atoms with Crippen molar-refractivity contribution in [1.82, 2.24) is 9.73 Å². The number of carbonyl (C=O) groups is 1. The second-order valence-corrected chi connectivity index (χ2v) is 7.63. The molecule has 0 bridgehead atoms. The molecule has 2 aromatic rings. The number of rotatable bonds is 7. The molecule has 0 aliphatic rings. The maximum absolute atomic E-state index is 12.7. The van der Waals surface area contributed by atoms with Crippen molar-refractivity contribution in [2.75, 3.05) is 20.7 Å². The van der Waals surface area contributed by atoms with E-state index in [1.807, 2.05) is 30.3 Å². The van der Waals surface area contributed by atoms with Gasteiger partial charge in [0, 0.05) is 7.05 Å². The van der Waals surface area contributed by atoms with Crippen molar-refractivity contribution < 1.29 is 17.9 Å². The van der Waals surface area contributed by atoms with E-state index in [0.29, 0.717) is 0 Å². The molecular formula is C18H21N3O4S. The number of sulfonamides is 1. The fourth-order valence-electron chi connectivity index (χ4n) is 2.19. The first kappa shape index (κ1) is 19.6. The first-order valence-corrected chi connectivity index (χ1v) is 9.26. The molecule has 0 aromatic heterocycles. The Morgan fingerprint density at radius 3 is 2.58 bits per heavy atom. The van der Waals surface area contributed by atoms with Gasteiger partial charge in [-0.3, -0.25) is 4.79 Å². The van der Waals surface area contributed by atoms with Crippen LogP contribution in [0.15, 0.2) is 58.5 Å². The molecule has 7 nitrogen and oxygen atoms in total. The summed E-state index contributed by atoms with van der Waals surface area (Å²) >= 11 is 0. The van der Waals surface area contributed by atoms with Gasteiger partial charge in [0.25, 0.3) is 5.91 Å². The molecule has 2 rings (SSSR count). The first-order valence-electron chi connectivity index (χ1n) is 7.82. The lowest BCUT2D eigenvalue weighted by Gasteiger charge is -2.18. The topological polar surface area (TPSA) is 88.1 Å². The smallest absolute Gasteiger partial charge is 0.255 e. The number of benzene rings is 2. The number of hydrazone groups is 1. The third-order valence-corrected chi connectivity index (χ3v) is 5.40. The highest BCUT2D eigenvalue weighted by atomic mass is 32.2. The molecular weight excluding hydrogens is 354 g/mol. The predicted molar refractivity (Wildman–Crippen MR) is 99.7 cm³/mol. The van der Waals surface area contributed by atoms with E-state index in [9.17, 15) is 13.2 Å². The van der Waals surface area contributed by atoms with Crippen LogP contribution in [-0.2, 0) is 14.8 Å². The largest absolute Gasteiger partial charge is 0.495 e. The van der Waals surface area contributed by atoms with Gasteiger partial charge in [-0.1, -0.05) is 36.4 Å². The number of hydrogen-bond donors (Lipinski definition) is 1. The number of carbonyl (C=O) groups excluding carboxylic acids is 1. The van der Waals surface area contributed by atoms with Gasteiger partial charge in [0.15, 0.2) is 0 Å². The summed E-state index contributed by atoms with van der Waals surface area (Å²) in [5, 5.41) is 3.83. The molecule has 0 fully saturated rings. The monoisotopic (exact) mass is 375 g/mol. The highest BCUT2D eigenvalue weighted by molar-refractivity contribution is 7.89. The van der Waals surface area contributed by atoms with Gasteiger partial charge in [-0.2, -0.15) is 9.41 Å². The summed E-state index contributed by atoms with van der Waals surface area (Å²) in [4.78, 5) is 12.0. The lowest BCUT2D eigenvalue weighted by Crippen LogP contribution is -2.36. The average Bonchev–Trinajstić information content (AvgIpc) is 2.62. The normalized spacial score (nSPS) is 11.7. The molecule has 8 heteroatoms. The van der Waals surface area contributed by atoms with Crippen LogP contribution in [0, 0.1) is 6.92 Å². The van der Waals surface area contributed by atoms with Crippen molar-refractivity contribution >= 4 is 22.1 Å². The number of aryl methyl sites for hydroxylation is 1. The summed E-state index contributed by atoms with van der Waals surface area (Å²) < 4.78 is 31.5. The van der Waals surface area contributed by atoms with E-state index in [4.69, 9.17) is 4.74 Å². The van der Waals surface area contributed by atoms with Gasteiger partial charge in [0.2, 0.25) is 10.0 Å². The predicted octanol–water partition coefficient (Wildman–Crippen LogP) is 1.77. The van der Waals surface area contributed by atoms with Crippen molar-refractivity contribution in [1.29, 1.82) is 0 Å². The van der Waals surface area contributed by atoms with E-state index in [-0.39, 0.29) is 17.2 Å². The second-order valence-electron chi connectivity index (χ2n) is 5.62. The Bertz CT molecular complexity index is 896. The second kappa shape index (κ2) is 8.59. The Morgan fingerprint density at radius 2 is 1.92 bits per heavy atom. The highest BCUT2D eigenvalue weighted by Crippen LogP contribution is 2.26. The summed E-state index contributed by atoms with van der Waals surface area (Å²) in [6, 6.07) is 14.1. The molecule has 0 atom stereocenters. The molecule has 0 heterocycles. The Morgan fingerprint density at radius 1 is 1.23 bits per heavy atom. The fraction of sp³-hybridized carbons (Fsp3) is 0.222. The molecule has 0 spiro atoms. The number of amides is 1. The van der Waals surface area contributed by atoms with E-state index < -0.39 is 15.9 Å². The quantitative estimate of drug-likeness (QED) is 0.590. The summed E-state index contributed by atoms with van der Waals surface area (Å²) in [7, 11) is -1.15. The number of nitrogens with zero attached hydrogens (tertiary/aromatic N) is 2. The number of nitrogens with one attached hydrogen (secondary N) is 1. The SMILES string of the molecule is COc1ccc(C)cc1S(=O)(=O)N(C)CC(=O)N/N=C\c1ccccc1. The van der Waals surface area contributed by atoms with Crippen LogP contribution in [0.2, 0.25) is 0 Å². The Hall–Kier alpha value is -2.71. The lowest BCUT2D eigenvalue weighted by molar-refractivity contribution is -0.121. The van der Waals surface area contributed by atoms with Crippen LogP contribution in [0.25, 0.3) is 0 Å². The molecule has 0 aliphatic heterocycles. The molecule has 138 valence electrons. The van der Waals surface area contributed by atoms with Gasteiger partial charge in [-0.05, 0) is 30.2 Å². The van der Waals surface area contributed by atoms with Crippen molar-refractivity contribution in [3.63, 3.8) is 0 Å². The third-order valence-electron chi connectivity index (χ3n) is 3.58. The van der Waals surface area contributed by atoms with Crippen LogP contribution >= 0.6 is 0 Å². The summed E-state index contributed by atoms with van der Waals surface area (Å²) in [5.41, 5.74) is 3.91. The van der Waals surface area contributed by atoms with Crippen LogP contribution in [0.4, 0.5) is 0 Å². The molecule has 2 aromatic carbocycles. The van der Waals surface area contributed by atoms with Crippen LogP contribution in [0.5, 0.6) is 5.75 Å². The number of methoxy groups -OCH3 is 1. The first-order chi connectivity index (χ1) is 12.3. The zero-order valence-electron chi connectivity index (χ0n) is 14.8. The van der Waals surface area contributed by atoms with Crippen molar-refractivity contribution in [3.05, 3.63) is 59.7 Å². The fourth-order valence-corrected chi connectivity index (χ4v) is 3.56. The molecule has 0 aliphatic carbocycles. The van der Waals surface area contributed by atoms with E-state index >= 15 is 0 Å². The van der Waals surface area contributed by atoms with Crippen LogP contribution < -0.4 is 10.2 Å². The van der Waals surface area contributed by atoms with Crippen molar-refractivity contribution in [2.45, 2.75) is 11.8 Å². The van der Waals surface area contributed by atoms with E-state index in [1.54, 1.807) is 19.1 Å². The molecule has 26 heavy (non-hydrogen) atoms. The zero-order chi connectivity index (χ0) is 19.2. The van der Waals surface area contributed by atoms with E-state index in [0.717, 1.165) is 15.4 Å². The number of hydrogen-bond acceptors (Lipinski definition) is 5. The molecule has 0 saturated carbocycles. The number of likely N-dealkylation sites (N-methyl/N-ethyl adjacent to an activating group) is 1. The zero-order valence-corrected chi connectivity index (χ0v) is 15.7. The minimum absolute atomic E-state index is 0.0167. The van der Waals surface area contributed by atoms with Gasteiger partial charge in [-0.15, -0.1) is 0 Å². The summed E-state index contributed by atoms with van der Waals surface area (Å²) in [5.74, 6) is -0.320. The molecule has 0 saturated heterocycles. The summed E-state index contributed by atoms with van der Waals surface area (Å²) in [6.45, 7) is 1.41. The Labute approximate surface area is 153 Å². The van der Waals surface area contributed by atoms with Crippen LogP contribution in [0.3, 0.4) is 0 Å². The summed E-state index contributed by atoms with van der Waals surface area (Å²) in [6.07, 6.45) is 1.48. The third kappa shape index (κ3) is 4.90. The van der Waals surface area contributed by atoms with Crippen LogP contribution in [-0.4, -0.2) is 45.5 Å². The lowest BCUT2D eigenvalue weighted by atomic mass is 10.2. The molecule has 1 N–H and O–H groups in total. The maximum Gasteiger partial charge on any atom is 0.255 e. The van der Waals surface area contributed by atoms with E-state index in [1.165, 1.54) is 26.4 Å². The molecule has 0 unspecified atom stereocenters. The van der Waals surface area contributed by atoms with E-state index in [2.05, 4.69) is 10.5 Å². The van der Waals surface area contributed by atoms with Gasteiger partial charge in [0.1, 0.15) is 10.6 Å². The average molecular weight is 375 g/mol. The highest BCUT2D eigenvalue weighted by Gasteiger charge is 2.26.